The van der Waals surface area contributed by atoms with Crippen LogP contribution < -0.4 is 5.56 Å². The molecule has 1 aliphatic carbocycles. The highest BCUT2D eigenvalue weighted by Gasteiger charge is 2.28. The number of hydrogen-bond acceptors (Lipinski definition) is 5. The van der Waals surface area contributed by atoms with Crippen molar-refractivity contribution in [2.45, 2.75) is 13.1 Å². The molecule has 0 saturated heterocycles. The van der Waals surface area contributed by atoms with Crippen molar-refractivity contribution in [1.82, 2.24) is 14.5 Å². The van der Waals surface area contributed by atoms with Gasteiger partial charge in [-0.05, 0) is 35.9 Å². The van der Waals surface area contributed by atoms with E-state index in [0.29, 0.717) is 23.2 Å². The van der Waals surface area contributed by atoms with Crippen LogP contribution in [0.2, 0.25) is 0 Å². The molecule has 0 aliphatic heterocycles. The summed E-state index contributed by atoms with van der Waals surface area (Å²) < 4.78 is 1.40. The molecule has 0 radical (unpaired) electrons. The number of hydrogen-bond donors (Lipinski definition) is 1. The maximum absolute atomic E-state index is 13.8. The monoisotopic (exact) mass is 444 g/mol. The molecule has 0 amide bonds. The summed E-state index contributed by atoms with van der Waals surface area (Å²) >= 11 is 0. The number of nitrogens with zero attached hydrogens (tertiary/aromatic N) is 4. The molecule has 5 aromatic rings. The topological polar surface area (TPSA) is 80.4 Å². The first-order chi connectivity index (χ1) is 16.7. The minimum atomic E-state index is -0.251. The molecule has 0 spiro atoms. The number of rotatable bonds is 4. The molecule has 0 saturated carbocycles. The minimum Gasteiger partial charge on any atom is -0.494 e. The van der Waals surface area contributed by atoms with E-state index in [-0.39, 0.29) is 18.0 Å². The molecule has 6 heteroatoms. The van der Waals surface area contributed by atoms with Crippen LogP contribution in [0.15, 0.2) is 101 Å². The van der Waals surface area contributed by atoms with Crippen molar-refractivity contribution < 1.29 is 5.11 Å². The highest BCUT2D eigenvalue weighted by atomic mass is 16.3. The van der Waals surface area contributed by atoms with Crippen molar-refractivity contribution in [2.75, 3.05) is 0 Å². The van der Waals surface area contributed by atoms with Gasteiger partial charge in [-0.1, -0.05) is 48.5 Å². The lowest BCUT2D eigenvalue weighted by molar-refractivity contribution is 0.421. The molecule has 1 aliphatic rings. The van der Waals surface area contributed by atoms with Crippen molar-refractivity contribution in [2.24, 2.45) is 4.99 Å². The molecule has 6 nitrogen and oxygen atoms in total. The van der Waals surface area contributed by atoms with Gasteiger partial charge >= 0.3 is 0 Å². The van der Waals surface area contributed by atoms with Gasteiger partial charge in [-0.15, -0.1) is 0 Å². The molecule has 3 aromatic heterocycles. The summed E-state index contributed by atoms with van der Waals surface area (Å²) in [7, 11) is 0. The largest absolute Gasteiger partial charge is 0.494 e. The second kappa shape index (κ2) is 8.08. The van der Waals surface area contributed by atoms with Crippen molar-refractivity contribution in [3.05, 3.63) is 124 Å². The van der Waals surface area contributed by atoms with E-state index in [1.165, 1.54) is 4.57 Å². The fourth-order valence-electron chi connectivity index (χ4n) is 4.61. The summed E-state index contributed by atoms with van der Waals surface area (Å²) in [6, 6.07) is 24.8. The van der Waals surface area contributed by atoms with Gasteiger partial charge in [0, 0.05) is 34.3 Å². The third-order valence-corrected chi connectivity index (χ3v) is 6.15. The molecule has 3 heterocycles. The number of aromatic hydroxyl groups is 1. The van der Waals surface area contributed by atoms with Crippen molar-refractivity contribution >= 4 is 16.5 Å². The number of aliphatic imine (C=N–C) groups is 1. The predicted octanol–water partition coefficient (Wildman–Crippen LogP) is 4.56. The third-order valence-electron chi connectivity index (χ3n) is 6.15. The van der Waals surface area contributed by atoms with E-state index < -0.39 is 0 Å². The molecule has 1 N–H and O–H groups in total. The average Bonchev–Trinajstić information content (AvgIpc) is 2.89. The molecule has 0 bridgehead atoms. The lowest BCUT2D eigenvalue weighted by Gasteiger charge is -2.24. The zero-order valence-electron chi connectivity index (χ0n) is 18.2. The number of benzene rings is 2. The Kier molecular flexibility index (Phi) is 4.77. The minimum absolute atomic E-state index is 0.0697. The second-order valence-electron chi connectivity index (χ2n) is 8.17. The summed E-state index contributed by atoms with van der Waals surface area (Å²) in [4.78, 5) is 27.4. The fraction of sp³-hybridized carbons (Fsp3) is 0.0714. The van der Waals surface area contributed by atoms with Gasteiger partial charge in [-0.2, -0.15) is 0 Å². The maximum atomic E-state index is 13.8. The van der Waals surface area contributed by atoms with E-state index >= 15 is 0 Å². The Balaban J connectivity index is 1.62. The lowest BCUT2D eigenvalue weighted by atomic mass is 9.83. The second-order valence-corrected chi connectivity index (χ2v) is 8.17. The van der Waals surface area contributed by atoms with Gasteiger partial charge < -0.3 is 5.11 Å². The van der Waals surface area contributed by atoms with Crippen LogP contribution in [0.1, 0.15) is 22.5 Å². The number of fused-ring (bicyclic) bond motifs is 2. The molecule has 6 rings (SSSR count). The first-order valence-electron chi connectivity index (χ1n) is 11.1. The third kappa shape index (κ3) is 3.19. The van der Waals surface area contributed by atoms with Crippen LogP contribution in [0.4, 0.5) is 0 Å². The van der Waals surface area contributed by atoms with Crippen LogP contribution >= 0.6 is 0 Å². The maximum Gasteiger partial charge on any atom is 0.262 e. The standard InChI is InChI=1S/C28H20N4O2/c33-27-23-13-7-12-22-24(23)25(28(34)32(27)17-19-9-4-6-15-30-19)20-10-1-2-11-21(20)26(22)31-16-18-8-3-5-14-29-18/h1-15,33H,16-17H2. The highest BCUT2D eigenvalue weighted by Crippen LogP contribution is 2.40. The molecular weight excluding hydrogens is 424 g/mol. The van der Waals surface area contributed by atoms with E-state index in [1.54, 1.807) is 12.4 Å². The van der Waals surface area contributed by atoms with Crippen LogP contribution in [-0.2, 0) is 13.1 Å². The van der Waals surface area contributed by atoms with Crippen molar-refractivity contribution in [1.29, 1.82) is 0 Å². The summed E-state index contributed by atoms with van der Waals surface area (Å²) in [6.07, 6.45) is 3.43. The van der Waals surface area contributed by atoms with E-state index in [9.17, 15) is 9.90 Å². The smallest absolute Gasteiger partial charge is 0.262 e. The SMILES string of the molecule is O=c1c2c3c(cccc3c(O)n1Cc1ccccn1)C(=NCc1ccccn1)c1ccccc1-2. The molecule has 2 aromatic carbocycles. The average molecular weight is 444 g/mol. The Labute approximate surface area is 195 Å². The molecule has 0 unspecified atom stereocenters. The molecular formula is C28H20N4O2. The Morgan fingerprint density at radius 3 is 2.18 bits per heavy atom. The zero-order valence-corrected chi connectivity index (χ0v) is 18.2. The van der Waals surface area contributed by atoms with E-state index in [4.69, 9.17) is 4.99 Å². The van der Waals surface area contributed by atoms with Crippen LogP contribution in [0.5, 0.6) is 5.88 Å². The first-order valence-corrected chi connectivity index (χ1v) is 11.1. The zero-order chi connectivity index (χ0) is 23.1. The Hall–Kier alpha value is -4.58. The first kappa shape index (κ1) is 20.1. The van der Waals surface area contributed by atoms with E-state index in [0.717, 1.165) is 33.5 Å². The van der Waals surface area contributed by atoms with Gasteiger partial charge in [0.25, 0.3) is 5.56 Å². The van der Waals surface area contributed by atoms with Crippen LogP contribution in [0.3, 0.4) is 0 Å². The van der Waals surface area contributed by atoms with Crippen molar-refractivity contribution in [3.8, 4) is 17.0 Å². The molecule has 0 fully saturated rings. The number of aromatic nitrogens is 3. The van der Waals surface area contributed by atoms with E-state index in [2.05, 4.69) is 9.97 Å². The van der Waals surface area contributed by atoms with E-state index in [1.807, 2.05) is 78.9 Å². The van der Waals surface area contributed by atoms with Crippen molar-refractivity contribution in [3.63, 3.8) is 0 Å². The van der Waals surface area contributed by atoms with Gasteiger partial charge in [0.05, 0.1) is 35.8 Å². The van der Waals surface area contributed by atoms with Gasteiger partial charge in [0.1, 0.15) is 0 Å². The Bertz CT molecular complexity index is 1620. The highest BCUT2D eigenvalue weighted by molar-refractivity contribution is 6.28. The Morgan fingerprint density at radius 2 is 1.44 bits per heavy atom. The lowest BCUT2D eigenvalue weighted by Crippen LogP contribution is -2.26. The number of pyridine rings is 3. The normalized spacial score (nSPS) is 13.2. The molecule has 164 valence electrons. The van der Waals surface area contributed by atoms with Crippen LogP contribution in [0.25, 0.3) is 21.9 Å². The summed E-state index contributed by atoms with van der Waals surface area (Å²) in [6.45, 7) is 0.598. The fourth-order valence-corrected chi connectivity index (χ4v) is 4.61. The summed E-state index contributed by atoms with van der Waals surface area (Å²) in [5.74, 6) is -0.0697. The van der Waals surface area contributed by atoms with Gasteiger partial charge in [0.15, 0.2) is 0 Å². The van der Waals surface area contributed by atoms with Gasteiger partial charge in [-0.3, -0.25) is 24.3 Å². The van der Waals surface area contributed by atoms with Gasteiger partial charge in [-0.25, -0.2) is 0 Å². The van der Waals surface area contributed by atoms with Gasteiger partial charge in [0.2, 0.25) is 5.88 Å². The van der Waals surface area contributed by atoms with Crippen LogP contribution in [0, 0.1) is 0 Å². The predicted molar refractivity (Wildman–Crippen MR) is 132 cm³/mol. The molecule has 0 atom stereocenters. The Morgan fingerprint density at radius 1 is 0.765 bits per heavy atom. The summed E-state index contributed by atoms with van der Waals surface area (Å²) in [5, 5.41) is 12.5. The molecule has 34 heavy (non-hydrogen) atoms. The summed E-state index contributed by atoms with van der Waals surface area (Å²) in [5.41, 5.74) is 5.21. The quantitative estimate of drug-likeness (QED) is 0.432. The van der Waals surface area contributed by atoms with Crippen LogP contribution in [-0.4, -0.2) is 25.4 Å².